The van der Waals surface area contributed by atoms with Crippen LogP contribution in [0.2, 0.25) is 0 Å². The van der Waals surface area contributed by atoms with Gasteiger partial charge in [0.05, 0.1) is 11.3 Å². The number of nitrogens with zero attached hydrogens (tertiary/aromatic N) is 2. The summed E-state index contributed by atoms with van der Waals surface area (Å²) in [7, 11) is 0. The summed E-state index contributed by atoms with van der Waals surface area (Å²) in [5, 5.41) is 5.98. The van der Waals surface area contributed by atoms with Gasteiger partial charge in [0, 0.05) is 11.1 Å². The van der Waals surface area contributed by atoms with E-state index in [0.717, 1.165) is 16.1 Å². The molecule has 0 aliphatic carbocycles. The SMILES string of the molecule is Nc1onc(-c2ccccn2)c1-c1cccs1. The van der Waals surface area contributed by atoms with Crippen LogP contribution in [0, 0.1) is 0 Å². The summed E-state index contributed by atoms with van der Waals surface area (Å²) in [6.45, 7) is 0. The van der Waals surface area contributed by atoms with Gasteiger partial charge in [0.2, 0.25) is 5.88 Å². The van der Waals surface area contributed by atoms with Gasteiger partial charge in [-0.1, -0.05) is 17.3 Å². The van der Waals surface area contributed by atoms with Gasteiger partial charge < -0.3 is 10.3 Å². The van der Waals surface area contributed by atoms with E-state index in [1.807, 2.05) is 35.7 Å². The smallest absolute Gasteiger partial charge is 0.231 e. The summed E-state index contributed by atoms with van der Waals surface area (Å²) in [5.74, 6) is 0.327. The molecule has 2 N–H and O–H groups in total. The van der Waals surface area contributed by atoms with Gasteiger partial charge in [-0.2, -0.15) is 0 Å². The van der Waals surface area contributed by atoms with E-state index in [2.05, 4.69) is 10.1 Å². The Hall–Kier alpha value is -2.14. The largest absolute Gasteiger partial charge is 0.367 e. The second kappa shape index (κ2) is 4.03. The van der Waals surface area contributed by atoms with Crippen molar-refractivity contribution >= 4 is 17.2 Å². The molecule has 0 amide bonds. The lowest BCUT2D eigenvalue weighted by Gasteiger charge is -1.98. The Morgan fingerprint density at radius 2 is 2.12 bits per heavy atom. The summed E-state index contributed by atoms with van der Waals surface area (Å²) in [6, 6.07) is 9.60. The zero-order valence-electron chi connectivity index (χ0n) is 8.83. The summed E-state index contributed by atoms with van der Waals surface area (Å²) < 4.78 is 5.07. The molecule has 0 aliphatic heterocycles. The molecule has 0 unspecified atom stereocenters. The van der Waals surface area contributed by atoms with Crippen molar-refractivity contribution in [2.24, 2.45) is 0 Å². The van der Waals surface area contributed by atoms with Gasteiger partial charge in [0.1, 0.15) is 5.69 Å². The Bertz CT molecular complexity index is 617. The average Bonchev–Trinajstić information content (AvgIpc) is 2.99. The van der Waals surface area contributed by atoms with Crippen molar-refractivity contribution < 1.29 is 4.52 Å². The highest BCUT2D eigenvalue weighted by Crippen LogP contribution is 2.37. The van der Waals surface area contributed by atoms with Crippen molar-refractivity contribution in [3.05, 3.63) is 41.9 Å². The quantitative estimate of drug-likeness (QED) is 0.751. The van der Waals surface area contributed by atoms with Crippen LogP contribution in [0.4, 0.5) is 5.88 Å². The summed E-state index contributed by atoms with van der Waals surface area (Å²) in [4.78, 5) is 5.29. The van der Waals surface area contributed by atoms with Crippen molar-refractivity contribution in [3.8, 4) is 21.8 Å². The fourth-order valence-electron chi connectivity index (χ4n) is 1.64. The molecule has 0 spiro atoms. The summed E-state index contributed by atoms with van der Waals surface area (Å²) in [6.07, 6.45) is 1.72. The van der Waals surface area contributed by atoms with Gasteiger partial charge in [0.25, 0.3) is 0 Å². The lowest BCUT2D eigenvalue weighted by atomic mass is 10.1. The van der Waals surface area contributed by atoms with Gasteiger partial charge in [-0.15, -0.1) is 11.3 Å². The molecule has 5 heteroatoms. The molecule has 0 aromatic carbocycles. The normalized spacial score (nSPS) is 10.6. The van der Waals surface area contributed by atoms with Gasteiger partial charge in [-0.05, 0) is 23.6 Å². The van der Waals surface area contributed by atoms with Crippen LogP contribution in [0.1, 0.15) is 0 Å². The topological polar surface area (TPSA) is 64.9 Å². The van der Waals surface area contributed by atoms with Crippen molar-refractivity contribution in [3.63, 3.8) is 0 Å². The van der Waals surface area contributed by atoms with E-state index in [-0.39, 0.29) is 0 Å². The van der Waals surface area contributed by atoms with Gasteiger partial charge >= 0.3 is 0 Å². The van der Waals surface area contributed by atoms with E-state index in [1.54, 1.807) is 17.5 Å². The lowest BCUT2D eigenvalue weighted by molar-refractivity contribution is 0.439. The Kier molecular flexibility index (Phi) is 2.38. The molecule has 0 saturated heterocycles. The molecule has 4 nitrogen and oxygen atoms in total. The maximum Gasteiger partial charge on any atom is 0.231 e. The molecule has 3 heterocycles. The predicted octanol–water partition coefficient (Wildman–Crippen LogP) is 3.05. The summed E-state index contributed by atoms with van der Waals surface area (Å²) >= 11 is 1.60. The number of nitrogens with two attached hydrogens (primary N) is 1. The first-order valence-electron chi connectivity index (χ1n) is 5.06. The molecule has 17 heavy (non-hydrogen) atoms. The van der Waals surface area contributed by atoms with Crippen molar-refractivity contribution in [1.82, 2.24) is 10.1 Å². The Morgan fingerprint density at radius 1 is 1.18 bits per heavy atom. The molecule has 3 rings (SSSR count). The van der Waals surface area contributed by atoms with Crippen LogP contribution in [-0.4, -0.2) is 10.1 Å². The maximum absolute atomic E-state index is 5.82. The highest BCUT2D eigenvalue weighted by Gasteiger charge is 2.18. The number of rotatable bonds is 2. The third-order valence-electron chi connectivity index (χ3n) is 2.39. The van der Waals surface area contributed by atoms with E-state index in [4.69, 9.17) is 10.3 Å². The highest BCUT2D eigenvalue weighted by molar-refractivity contribution is 7.13. The first kappa shape index (κ1) is 10.0. The van der Waals surface area contributed by atoms with Gasteiger partial charge in [-0.3, -0.25) is 4.98 Å². The van der Waals surface area contributed by atoms with E-state index in [0.29, 0.717) is 11.6 Å². The number of hydrogen-bond acceptors (Lipinski definition) is 5. The summed E-state index contributed by atoms with van der Waals surface area (Å²) in [5.41, 5.74) is 8.08. The Morgan fingerprint density at radius 3 is 2.82 bits per heavy atom. The van der Waals surface area contributed by atoms with E-state index in [1.165, 1.54) is 0 Å². The van der Waals surface area contributed by atoms with Gasteiger partial charge in [-0.25, -0.2) is 0 Å². The molecular weight excluding hydrogens is 234 g/mol. The maximum atomic E-state index is 5.82. The van der Waals surface area contributed by atoms with Crippen LogP contribution in [0.15, 0.2) is 46.4 Å². The lowest BCUT2D eigenvalue weighted by Crippen LogP contribution is -1.87. The van der Waals surface area contributed by atoms with Crippen LogP contribution >= 0.6 is 11.3 Å². The second-order valence-corrected chi connectivity index (χ2v) is 4.41. The molecule has 0 atom stereocenters. The fourth-order valence-corrected chi connectivity index (χ4v) is 2.42. The number of hydrogen-bond donors (Lipinski definition) is 1. The Labute approximate surface area is 102 Å². The molecule has 84 valence electrons. The third-order valence-corrected chi connectivity index (χ3v) is 3.28. The van der Waals surface area contributed by atoms with E-state index >= 15 is 0 Å². The monoisotopic (exact) mass is 243 g/mol. The first-order chi connectivity index (χ1) is 8.36. The number of aromatic nitrogens is 2. The van der Waals surface area contributed by atoms with Crippen LogP contribution < -0.4 is 5.73 Å². The minimum absolute atomic E-state index is 0.327. The molecule has 0 radical (unpaired) electrons. The molecule has 0 bridgehead atoms. The fraction of sp³-hybridized carbons (Fsp3) is 0. The van der Waals surface area contributed by atoms with E-state index in [9.17, 15) is 0 Å². The molecular formula is C12H9N3OS. The predicted molar refractivity (Wildman–Crippen MR) is 67.5 cm³/mol. The number of thiophene rings is 1. The van der Waals surface area contributed by atoms with Crippen molar-refractivity contribution in [2.75, 3.05) is 5.73 Å². The van der Waals surface area contributed by atoms with E-state index < -0.39 is 0 Å². The number of pyridine rings is 1. The van der Waals surface area contributed by atoms with Crippen molar-refractivity contribution in [1.29, 1.82) is 0 Å². The minimum atomic E-state index is 0.327. The van der Waals surface area contributed by atoms with Crippen LogP contribution in [-0.2, 0) is 0 Å². The zero-order chi connectivity index (χ0) is 11.7. The second-order valence-electron chi connectivity index (χ2n) is 3.46. The Balaban J connectivity index is 2.20. The van der Waals surface area contributed by atoms with Crippen LogP contribution in [0.3, 0.4) is 0 Å². The molecule has 0 aliphatic rings. The van der Waals surface area contributed by atoms with Gasteiger partial charge in [0.15, 0.2) is 0 Å². The highest BCUT2D eigenvalue weighted by atomic mass is 32.1. The third kappa shape index (κ3) is 1.70. The van der Waals surface area contributed by atoms with Crippen molar-refractivity contribution in [2.45, 2.75) is 0 Å². The van der Waals surface area contributed by atoms with Crippen LogP contribution in [0.5, 0.6) is 0 Å². The molecule has 3 aromatic heterocycles. The number of anilines is 1. The van der Waals surface area contributed by atoms with Crippen LogP contribution in [0.25, 0.3) is 21.8 Å². The molecule has 0 fully saturated rings. The standard InChI is InChI=1S/C12H9N3OS/c13-12-10(9-5-3-7-17-9)11(15-16-12)8-4-1-2-6-14-8/h1-7H,13H2. The molecule has 0 saturated carbocycles. The first-order valence-corrected chi connectivity index (χ1v) is 5.94. The molecule has 3 aromatic rings. The minimum Gasteiger partial charge on any atom is -0.367 e. The number of nitrogen functional groups attached to an aromatic ring is 1. The zero-order valence-corrected chi connectivity index (χ0v) is 9.65. The average molecular weight is 243 g/mol.